The van der Waals surface area contributed by atoms with Crippen molar-refractivity contribution in [1.82, 2.24) is 30.0 Å². The van der Waals surface area contributed by atoms with Crippen molar-refractivity contribution >= 4 is 15.0 Å². The van der Waals surface area contributed by atoms with Crippen LogP contribution in [0.4, 0.5) is 0 Å². The molecule has 0 aliphatic carbocycles. The number of para-hydroxylation sites is 1. The monoisotopic (exact) mass is 575 g/mol. The first-order valence-electron chi connectivity index (χ1n) is 14.4. The molecule has 0 spiro atoms. The lowest BCUT2D eigenvalue weighted by Gasteiger charge is -2.40. The van der Waals surface area contributed by atoms with Gasteiger partial charge in [0.2, 0.25) is 5.82 Å². The molecule has 9 nitrogen and oxygen atoms in total. The molecule has 1 radical (unpaired) electrons. The predicted molar refractivity (Wildman–Crippen MR) is 163 cm³/mol. The van der Waals surface area contributed by atoms with E-state index in [9.17, 15) is 4.79 Å². The van der Waals surface area contributed by atoms with Gasteiger partial charge in [0.25, 0.3) is 9.04 Å². The van der Waals surface area contributed by atoms with Crippen LogP contribution in [0.1, 0.15) is 56.3 Å². The molecule has 41 heavy (non-hydrogen) atoms. The van der Waals surface area contributed by atoms with Crippen LogP contribution < -0.4 is 4.43 Å². The summed E-state index contributed by atoms with van der Waals surface area (Å²) in [6, 6.07) is 15.1. The van der Waals surface area contributed by atoms with Crippen molar-refractivity contribution in [2.75, 3.05) is 32.7 Å². The maximum Gasteiger partial charge on any atom is 0.303 e. The summed E-state index contributed by atoms with van der Waals surface area (Å²) in [6.45, 7) is 20.2. The molecule has 1 saturated heterocycles. The van der Waals surface area contributed by atoms with Gasteiger partial charge < -0.3 is 9.53 Å². The zero-order valence-corrected chi connectivity index (χ0v) is 26.0. The van der Waals surface area contributed by atoms with Gasteiger partial charge in [0.15, 0.2) is 0 Å². The zero-order chi connectivity index (χ0) is 29.6. The summed E-state index contributed by atoms with van der Waals surface area (Å²) in [6.07, 6.45) is 2.52. The normalized spacial score (nSPS) is 15.7. The molecular formula is C31H43N6O3Si. The van der Waals surface area contributed by atoms with Gasteiger partial charge in [-0.3, -0.25) is 14.6 Å². The number of tetrazole rings is 1. The van der Waals surface area contributed by atoms with Crippen LogP contribution in [0, 0.1) is 0 Å². The highest BCUT2D eigenvalue weighted by Crippen LogP contribution is 2.42. The van der Waals surface area contributed by atoms with Crippen LogP contribution in [0.25, 0.3) is 11.4 Å². The van der Waals surface area contributed by atoms with E-state index in [-0.39, 0.29) is 17.9 Å². The Hall–Kier alpha value is -3.34. The smallest absolute Gasteiger partial charge is 0.303 e. The molecule has 0 saturated carbocycles. The zero-order valence-electron chi connectivity index (χ0n) is 25.0. The number of hydrogen-bond donors (Lipinski definition) is 1. The summed E-state index contributed by atoms with van der Waals surface area (Å²) in [5.41, 5.74) is 4.45. The van der Waals surface area contributed by atoms with E-state index in [0.29, 0.717) is 18.8 Å². The number of carbonyl (C=O) groups is 1. The number of nitrogens with zero attached hydrogens (tertiary/aromatic N) is 6. The molecule has 1 fully saturated rings. The first kappa shape index (κ1) is 30.6. The van der Waals surface area contributed by atoms with Gasteiger partial charge in [-0.15, -0.1) is 16.8 Å². The minimum absolute atomic E-state index is 0.0354. The van der Waals surface area contributed by atoms with E-state index in [4.69, 9.17) is 9.53 Å². The van der Waals surface area contributed by atoms with Crippen molar-refractivity contribution in [3.63, 3.8) is 0 Å². The topological polar surface area (TPSA) is 96.6 Å². The van der Waals surface area contributed by atoms with E-state index in [0.717, 1.165) is 44.0 Å². The first-order valence-corrected chi connectivity index (χ1v) is 16.8. The summed E-state index contributed by atoms with van der Waals surface area (Å²) >= 11 is 0. The van der Waals surface area contributed by atoms with Gasteiger partial charge >= 0.3 is 5.97 Å². The van der Waals surface area contributed by atoms with E-state index in [1.54, 1.807) is 0 Å². The van der Waals surface area contributed by atoms with Gasteiger partial charge in [-0.2, -0.15) is 4.80 Å². The van der Waals surface area contributed by atoms with E-state index in [1.165, 1.54) is 21.5 Å². The standard InChI is InChI=1S/C31H43N6O3Si/c1-7-17-35-19-21-36(22-20-35)28(25-10-8-11-26(31(2,3)4)29(25)40-41(5)6)23-13-15-24(16-14-23)30-32-34-37(33-30)18-9-12-27(38)39/h7-8,10-11,13-16,28H,1,9,12,17-22H2,2-6H3,(H,38,39). The lowest BCUT2D eigenvalue weighted by atomic mass is 9.83. The van der Waals surface area contributed by atoms with Crippen LogP contribution >= 0.6 is 0 Å². The summed E-state index contributed by atoms with van der Waals surface area (Å²) in [5, 5.41) is 21.7. The van der Waals surface area contributed by atoms with Crippen molar-refractivity contribution in [1.29, 1.82) is 0 Å². The third-order valence-corrected chi connectivity index (χ3v) is 7.91. The summed E-state index contributed by atoms with van der Waals surface area (Å²) in [4.78, 5) is 17.3. The quantitative estimate of drug-likeness (QED) is 0.237. The Labute approximate surface area is 245 Å². The van der Waals surface area contributed by atoms with Crippen molar-refractivity contribution in [2.45, 2.75) is 64.7 Å². The number of rotatable bonds is 12. The molecule has 1 unspecified atom stereocenters. The van der Waals surface area contributed by atoms with Crippen molar-refractivity contribution in [3.8, 4) is 17.1 Å². The number of carboxylic acids is 1. The predicted octanol–water partition coefficient (Wildman–Crippen LogP) is 5.03. The second kappa shape index (κ2) is 13.5. The van der Waals surface area contributed by atoms with Gasteiger partial charge in [-0.1, -0.05) is 69.3 Å². The molecule has 0 bridgehead atoms. The van der Waals surface area contributed by atoms with Gasteiger partial charge in [-0.05, 0) is 41.3 Å². The van der Waals surface area contributed by atoms with E-state index in [1.807, 2.05) is 6.08 Å². The van der Waals surface area contributed by atoms with Crippen LogP contribution in [0.2, 0.25) is 13.1 Å². The molecule has 1 N–H and O–H groups in total. The highest BCUT2D eigenvalue weighted by molar-refractivity contribution is 6.49. The Morgan fingerprint density at radius 2 is 1.83 bits per heavy atom. The SMILES string of the molecule is C=CCN1CCN(C(c2ccc(-c3nnn(CCCC(=O)O)n3)cc2)c2cccc(C(C)(C)C)c2O[Si](C)C)CC1. The molecule has 0 amide bonds. The van der Waals surface area contributed by atoms with E-state index < -0.39 is 15.0 Å². The molecule has 2 aromatic carbocycles. The molecule has 3 aromatic rings. The Balaban J connectivity index is 1.69. The van der Waals surface area contributed by atoms with E-state index >= 15 is 0 Å². The van der Waals surface area contributed by atoms with Crippen molar-refractivity contribution in [3.05, 3.63) is 71.8 Å². The minimum atomic E-state index is -0.999. The molecule has 1 aromatic heterocycles. The maximum atomic E-state index is 10.8. The van der Waals surface area contributed by atoms with Crippen LogP contribution in [-0.4, -0.2) is 82.8 Å². The van der Waals surface area contributed by atoms with Gasteiger partial charge in [0.1, 0.15) is 5.75 Å². The summed E-state index contributed by atoms with van der Waals surface area (Å²) in [5.74, 6) is 0.728. The number of piperazine rings is 1. The first-order chi connectivity index (χ1) is 19.6. The van der Waals surface area contributed by atoms with Crippen LogP contribution in [0.5, 0.6) is 5.75 Å². The average Bonchev–Trinajstić information content (AvgIpc) is 3.39. The van der Waals surface area contributed by atoms with Gasteiger partial charge in [0.05, 0.1) is 12.6 Å². The van der Waals surface area contributed by atoms with Crippen LogP contribution in [0.15, 0.2) is 55.1 Å². The lowest BCUT2D eigenvalue weighted by Crippen LogP contribution is -2.47. The fraction of sp³-hybridized carbons (Fsp3) is 0.484. The molecule has 1 aliphatic heterocycles. The van der Waals surface area contributed by atoms with Crippen LogP contribution in [0.3, 0.4) is 0 Å². The maximum absolute atomic E-state index is 10.8. The summed E-state index contributed by atoms with van der Waals surface area (Å²) in [7, 11) is -0.999. The molecular weight excluding hydrogens is 532 g/mol. The van der Waals surface area contributed by atoms with Gasteiger partial charge in [-0.25, -0.2) is 0 Å². The minimum Gasteiger partial charge on any atom is -0.542 e. The third-order valence-electron chi connectivity index (χ3n) is 7.30. The number of carboxylic acid groups (broad SMARTS) is 1. The average molecular weight is 576 g/mol. The second-order valence-corrected chi connectivity index (χ2v) is 13.9. The molecule has 4 rings (SSSR count). The fourth-order valence-electron chi connectivity index (χ4n) is 5.29. The molecule has 1 atom stereocenters. The Kier molecular flexibility index (Phi) is 10.1. The van der Waals surface area contributed by atoms with Crippen LogP contribution in [-0.2, 0) is 16.8 Å². The molecule has 2 heterocycles. The highest BCUT2D eigenvalue weighted by atomic mass is 28.3. The number of aromatic nitrogens is 4. The Morgan fingerprint density at radius 1 is 1.12 bits per heavy atom. The third kappa shape index (κ3) is 7.90. The molecule has 219 valence electrons. The van der Waals surface area contributed by atoms with E-state index in [2.05, 4.69) is 108 Å². The number of aryl methyl sites for hydroxylation is 1. The lowest BCUT2D eigenvalue weighted by molar-refractivity contribution is -0.137. The molecule has 1 aliphatic rings. The largest absolute Gasteiger partial charge is 0.542 e. The number of aliphatic carboxylic acids is 1. The number of hydrogen-bond acceptors (Lipinski definition) is 7. The Bertz CT molecular complexity index is 1310. The second-order valence-electron chi connectivity index (χ2n) is 11.8. The van der Waals surface area contributed by atoms with Gasteiger partial charge in [0, 0.05) is 50.3 Å². The molecule has 10 heteroatoms. The fourth-order valence-corrected chi connectivity index (χ4v) is 5.93. The Morgan fingerprint density at radius 3 is 2.44 bits per heavy atom. The summed E-state index contributed by atoms with van der Waals surface area (Å²) < 4.78 is 6.68. The van der Waals surface area contributed by atoms with Crippen molar-refractivity contribution < 1.29 is 14.3 Å². The van der Waals surface area contributed by atoms with Crippen molar-refractivity contribution in [2.24, 2.45) is 0 Å². The number of benzene rings is 2. The highest BCUT2D eigenvalue weighted by Gasteiger charge is 2.31.